The Morgan fingerprint density at radius 2 is 1.92 bits per heavy atom. The van der Waals surface area contributed by atoms with Gasteiger partial charge in [0.15, 0.2) is 0 Å². The molecule has 26 heavy (non-hydrogen) atoms. The lowest BCUT2D eigenvalue weighted by atomic mass is 9.77. The molecule has 144 valence electrons. The molecule has 1 aromatic rings. The Bertz CT molecular complexity index is 626. The van der Waals surface area contributed by atoms with Crippen LogP contribution in [-0.2, 0) is 20.8 Å². The summed E-state index contributed by atoms with van der Waals surface area (Å²) in [6.45, 7) is 8.80. The van der Waals surface area contributed by atoms with E-state index in [1.165, 1.54) is 7.11 Å². The van der Waals surface area contributed by atoms with Gasteiger partial charge in [-0.2, -0.15) is 0 Å². The van der Waals surface area contributed by atoms with E-state index in [1.54, 1.807) is 4.90 Å². The Morgan fingerprint density at radius 3 is 2.50 bits per heavy atom. The Labute approximate surface area is 155 Å². The van der Waals surface area contributed by atoms with Crippen LogP contribution in [-0.4, -0.2) is 48.8 Å². The fourth-order valence-corrected chi connectivity index (χ4v) is 3.28. The summed E-state index contributed by atoms with van der Waals surface area (Å²) in [6, 6.07) is 9.94. The van der Waals surface area contributed by atoms with Crippen molar-refractivity contribution in [2.24, 2.45) is 5.41 Å². The smallest absolute Gasteiger partial charge is 0.410 e. The van der Waals surface area contributed by atoms with E-state index in [4.69, 9.17) is 9.47 Å². The fraction of sp³-hybridized carbons (Fsp3) is 0.600. The van der Waals surface area contributed by atoms with Crippen LogP contribution in [0.15, 0.2) is 30.3 Å². The zero-order valence-corrected chi connectivity index (χ0v) is 16.4. The molecule has 0 aliphatic carbocycles. The molecule has 1 amide bonds. The molecule has 0 spiro atoms. The molecular formula is C20H30N2O4. The number of nitrogens with one attached hydrogen (secondary N) is 1. The second-order valence-corrected chi connectivity index (χ2v) is 8.02. The molecule has 2 rings (SSSR count). The van der Waals surface area contributed by atoms with Crippen LogP contribution in [0.3, 0.4) is 0 Å². The quantitative estimate of drug-likeness (QED) is 0.834. The molecule has 1 aromatic carbocycles. The minimum absolute atomic E-state index is 0.0890. The van der Waals surface area contributed by atoms with Crippen molar-refractivity contribution in [2.45, 2.75) is 52.3 Å². The van der Waals surface area contributed by atoms with Gasteiger partial charge in [0, 0.05) is 25.7 Å². The largest absolute Gasteiger partial charge is 0.469 e. The highest BCUT2D eigenvalue weighted by Crippen LogP contribution is 2.32. The van der Waals surface area contributed by atoms with Gasteiger partial charge in [-0.05, 0) is 39.7 Å². The van der Waals surface area contributed by atoms with Crippen molar-refractivity contribution in [2.75, 3.05) is 20.2 Å². The van der Waals surface area contributed by atoms with E-state index in [9.17, 15) is 9.59 Å². The van der Waals surface area contributed by atoms with Crippen LogP contribution in [0.25, 0.3) is 0 Å². The summed E-state index contributed by atoms with van der Waals surface area (Å²) in [5.74, 6) is -0.323. The summed E-state index contributed by atoms with van der Waals surface area (Å²) in [5, 5.41) is 3.47. The number of rotatable bonds is 4. The van der Waals surface area contributed by atoms with E-state index in [0.717, 1.165) is 5.56 Å². The highest BCUT2D eigenvalue weighted by Gasteiger charge is 2.48. The summed E-state index contributed by atoms with van der Waals surface area (Å²) < 4.78 is 10.5. The average Bonchev–Trinajstić information content (AvgIpc) is 2.59. The fourth-order valence-electron chi connectivity index (χ4n) is 3.28. The van der Waals surface area contributed by atoms with Crippen LogP contribution in [0.1, 0.15) is 39.7 Å². The molecule has 1 fully saturated rings. The maximum Gasteiger partial charge on any atom is 0.410 e. The van der Waals surface area contributed by atoms with Crippen molar-refractivity contribution >= 4 is 12.1 Å². The minimum Gasteiger partial charge on any atom is -0.469 e. The molecule has 1 aliphatic heterocycles. The van der Waals surface area contributed by atoms with Crippen molar-refractivity contribution in [3.63, 3.8) is 0 Å². The third-order valence-corrected chi connectivity index (χ3v) is 4.67. The molecule has 1 saturated heterocycles. The zero-order valence-electron chi connectivity index (χ0n) is 16.4. The summed E-state index contributed by atoms with van der Waals surface area (Å²) in [4.78, 5) is 26.6. The molecule has 6 heteroatoms. The second kappa shape index (κ2) is 8.08. The van der Waals surface area contributed by atoms with Gasteiger partial charge in [-0.3, -0.25) is 4.79 Å². The van der Waals surface area contributed by atoms with Crippen molar-refractivity contribution in [3.05, 3.63) is 35.9 Å². The van der Waals surface area contributed by atoms with E-state index in [-0.39, 0.29) is 18.6 Å². The minimum atomic E-state index is -0.835. The van der Waals surface area contributed by atoms with Gasteiger partial charge in [-0.25, -0.2) is 4.79 Å². The number of esters is 1. The Kier molecular flexibility index (Phi) is 6.29. The van der Waals surface area contributed by atoms with Gasteiger partial charge in [0.05, 0.1) is 12.5 Å². The number of ether oxygens (including phenoxy) is 2. The number of amides is 1. The van der Waals surface area contributed by atoms with Crippen LogP contribution in [0.5, 0.6) is 0 Å². The summed E-state index contributed by atoms with van der Waals surface area (Å²) in [6.07, 6.45) is 0.256. The Balaban J connectivity index is 2.10. The number of methoxy groups -OCH3 is 1. The van der Waals surface area contributed by atoms with E-state index in [2.05, 4.69) is 5.32 Å². The highest BCUT2D eigenvalue weighted by molar-refractivity contribution is 5.79. The first-order chi connectivity index (χ1) is 12.2. The van der Waals surface area contributed by atoms with Gasteiger partial charge in [0.1, 0.15) is 5.60 Å². The second-order valence-electron chi connectivity index (χ2n) is 8.02. The molecule has 1 aliphatic rings. The van der Waals surface area contributed by atoms with E-state index >= 15 is 0 Å². The predicted octanol–water partition coefficient (Wildman–Crippen LogP) is 2.96. The number of piperidine rings is 1. The third kappa shape index (κ3) is 4.97. The number of carbonyl (C=O) groups is 2. The number of hydrogen-bond acceptors (Lipinski definition) is 5. The topological polar surface area (TPSA) is 67.9 Å². The Morgan fingerprint density at radius 1 is 1.27 bits per heavy atom. The van der Waals surface area contributed by atoms with Crippen LogP contribution < -0.4 is 5.32 Å². The lowest BCUT2D eigenvalue weighted by molar-refractivity contribution is -0.156. The normalized spacial score (nSPS) is 23.4. The van der Waals surface area contributed by atoms with E-state index in [0.29, 0.717) is 19.5 Å². The maximum atomic E-state index is 12.5. The number of likely N-dealkylation sites (tertiary alicyclic amines) is 1. The van der Waals surface area contributed by atoms with Crippen LogP contribution >= 0.6 is 0 Å². The maximum absolute atomic E-state index is 12.5. The van der Waals surface area contributed by atoms with Gasteiger partial charge < -0.3 is 19.7 Å². The first kappa shape index (κ1) is 20.2. The molecule has 2 atom stereocenters. The summed E-state index contributed by atoms with van der Waals surface area (Å²) in [7, 11) is 1.38. The van der Waals surface area contributed by atoms with Gasteiger partial charge in [-0.1, -0.05) is 30.3 Å². The van der Waals surface area contributed by atoms with Crippen molar-refractivity contribution in [1.29, 1.82) is 0 Å². The van der Waals surface area contributed by atoms with Crippen LogP contribution in [0.4, 0.5) is 4.79 Å². The molecule has 0 saturated carbocycles. The van der Waals surface area contributed by atoms with E-state index in [1.807, 2.05) is 58.0 Å². The van der Waals surface area contributed by atoms with Crippen LogP contribution in [0, 0.1) is 5.41 Å². The average molecular weight is 362 g/mol. The van der Waals surface area contributed by atoms with Crippen molar-refractivity contribution < 1.29 is 19.1 Å². The van der Waals surface area contributed by atoms with Gasteiger partial charge >= 0.3 is 12.1 Å². The van der Waals surface area contributed by atoms with Crippen molar-refractivity contribution in [3.8, 4) is 0 Å². The summed E-state index contributed by atoms with van der Waals surface area (Å²) >= 11 is 0. The lowest BCUT2D eigenvalue weighted by Gasteiger charge is -2.44. The number of benzene rings is 1. The first-order valence-electron chi connectivity index (χ1n) is 8.99. The van der Waals surface area contributed by atoms with Gasteiger partial charge in [0.2, 0.25) is 0 Å². The van der Waals surface area contributed by atoms with Gasteiger partial charge in [0.25, 0.3) is 0 Å². The zero-order chi connectivity index (χ0) is 19.4. The molecule has 0 bridgehead atoms. The summed E-state index contributed by atoms with van der Waals surface area (Å²) in [5.41, 5.74) is -0.255. The van der Waals surface area contributed by atoms with E-state index < -0.39 is 17.1 Å². The predicted molar refractivity (Wildman–Crippen MR) is 99.6 cm³/mol. The van der Waals surface area contributed by atoms with Crippen molar-refractivity contribution in [1.82, 2.24) is 10.2 Å². The number of nitrogens with zero attached hydrogens (tertiary/aromatic N) is 1. The molecule has 2 unspecified atom stereocenters. The van der Waals surface area contributed by atoms with Crippen LogP contribution in [0.2, 0.25) is 0 Å². The monoisotopic (exact) mass is 362 g/mol. The highest BCUT2D eigenvalue weighted by atomic mass is 16.6. The SMILES string of the molecule is COC(=O)C1(C)CN(C(=O)OC(C)(C)C)CCC1NCc1ccccc1. The lowest BCUT2D eigenvalue weighted by Crippen LogP contribution is -2.60. The molecule has 1 heterocycles. The molecule has 1 N–H and O–H groups in total. The number of hydrogen-bond donors (Lipinski definition) is 1. The standard InChI is InChI=1S/C20H30N2O4/c1-19(2,3)26-18(24)22-12-11-16(20(4,14-22)17(23)25-5)21-13-15-9-7-6-8-10-15/h6-10,16,21H,11-14H2,1-5H3. The van der Waals surface area contributed by atoms with Gasteiger partial charge in [-0.15, -0.1) is 0 Å². The first-order valence-corrected chi connectivity index (χ1v) is 8.99. The molecule has 0 radical (unpaired) electrons. The third-order valence-electron chi connectivity index (χ3n) is 4.67. The Hall–Kier alpha value is -2.08. The number of carbonyl (C=O) groups excluding carboxylic acids is 2. The molecule has 0 aromatic heterocycles. The molecular weight excluding hydrogens is 332 g/mol. The molecule has 6 nitrogen and oxygen atoms in total.